The predicted octanol–water partition coefficient (Wildman–Crippen LogP) is 5.39. The number of rotatable bonds is 8. The van der Waals surface area contributed by atoms with Crippen LogP contribution in [0.1, 0.15) is 0 Å². The Labute approximate surface area is 178 Å². The number of benzene rings is 3. The SMILES string of the molecule is O=C(CSCC(=O)Nc1ccc(Nc2ccccc2)cc1)Nc1ccc(Cl)cc1. The Hall–Kier alpha value is -2.96. The molecule has 148 valence electrons. The van der Waals surface area contributed by atoms with E-state index in [1.807, 2.05) is 54.6 Å². The van der Waals surface area contributed by atoms with Gasteiger partial charge in [0.2, 0.25) is 11.8 Å². The summed E-state index contributed by atoms with van der Waals surface area (Å²) in [7, 11) is 0. The second kappa shape index (κ2) is 10.5. The maximum Gasteiger partial charge on any atom is 0.234 e. The fourth-order valence-electron chi connectivity index (χ4n) is 2.49. The third kappa shape index (κ3) is 7.18. The number of thioether (sulfide) groups is 1. The van der Waals surface area contributed by atoms with Gasteiger partial charge in [0.15, 0.2) is 0 Å². The van der Waals surface area contributed by atoms with E-state index >= 15 is 0 Å². The number of carbonyl (C=O) groups is 2. The molecule has 0 saturated heterocycles. The largest absolute Gasteiger partial charge is 0.356 e. The number of carbonyl (C=O) groups excluding carboxylic acids is 2. The van der Waals surface area contributed by atoms with Gasteiger partial charge in [0, 0.05) is 27.8 Å². The molecular weight excluding hydrogens is 406 g/mol. The molecule has 0 atom stereocenters. The molecule has 0 aliphatic heterocycles. The first-order valence-electron chi connectivity index (χ1n) is 8.94. The van der Waals surface area contributed by atoms with Crippen molar-refractivity contribution in [1.29, 1.82) is 0 Å². The first-order valence-corrected chi connectivity index (χ1v) is 10.5. The van der Waals surface area contributed by atoms with Crippen molar-refractivity contribution in [2.24, 2.45) is 0 Å². The summed E-state index contributed by atoms with van der Waals surface area (Å²) >= 11 is 7.07. The van der Waals surface area contributed by atoms with E-state index in [-0.39, 0.29) is 23.3 Å². The minimum Gasteiger partial charge on any atom is -0.356 e. The van der Waals surface area contributed by atoms with Crippen molar-refractivity contribution in [2.75, 3.05) is 27.5 Å². The lowest BCUT2D eigenvalue weighted by Crippen LogP contribution is -2.18. The second-order valence-electron chi connectivity index (χ2n) is 6.16. The molecule has 2 amide bonds. The molecule has 7 heteroatoms. The van der Waals surface area contributed by atoms with Crippen LogP contribution in [0.25, 0.3) is 0 Å². The molecule has 0 bridgehead atoms. The highest BCUT2D eigenvalue weighted by atomic mass is 35.5. The summed E-state index contributed by atoms with van der Waals surface area (Å²) in [6.45, 7) is 0. The smallest absolute Gasteiger partial charge is 0.234 e. The van der Waals surface area contributed by atoms with Gasteiger partial charge in [-0.15, -0.1) is 11.8 Å². The molecule has 0 aromatic heterocycles. The summed E-state index contributed by atoms with van der Waals surface area (Å²) in [6, 6.07) is 24.2. The molecule has 0 aliphatic rings. The van der Waals surface area contributed by atoms with E-state index < -0.39 is 0 Å². The molecule has 0 unspecified atom stereocenters. The lowest BCUT2D eigenvalue weighted by atomic mass is 10.2. The minimum atomic E-state index is -0.165. The molecule has 3 rings (SSSR count). The van der Waals surface area contributed by atoms with Crippen LogP contribution in [-0.4, -0.2) is 23.3 Å². The number of hydrogen-bond acceptors (Lipinski definition) is 4. The third-order valence-corrected chi connectivity index (χ3v) is 5.01. The molecule has 3 aromatic carbocycles. The first-order chi connectivity index (χ1) is 14.1. The number of amides is 2. The van der Waals surface area contributed by atoms with Crippen LogP contribution in [0.15, 0.2) is 78.9 Å². The summed E-state index contributed by atoms with van der Waals surface area (Å²) in [5, 5.41) is 9.49. The topological polar surface area (TPSA) is 70.2 Å². The molecule has 3 N–H and O–H groups in total. The van der Waals surface area contributed by atoms with Gasteiger partial charge >= 0.3 is 0 Å². The molecular formula is C22H20ClN3O2S. The van der Waals surface area contributed by atoms with Crippen molar-refractivity contribution in [3.8, 4) is 0 Å². The molecule has 0 spiro atoms. The van der Waals surface area contributed by atoms with E-state index in [1.165, 1.54) is 11.8 Å². The van der Waals surface area contributed by atoms with Crippen molar-refractivity contribution in [3.63, 3.8) is 0 Å². The zero-order chi connectivity index (χ0) is 20.5. The number of hydrogen-bond donors (Lipinski definition) is 3. The van der Waals surface area contributed by atoms with Gasteiger partial charge in [-0.25, -0.2) is 0 Å². The zero-order valence-corrected chi connectivity index (χ0v) is 17.1. The summed E-state index contributed by atoms with van der Waals surface area (Å²) in [5.41, 5.74) is 3.31. The lowest BCUT2D eigenvalue weighted by molar-refractivity contribution is -0.114. The average molecular weight is 426 g/mol. The molecule has 0 aliphatic carbocycles. The van der Waals surface area contributed by atoms with Crippen LogP contribution in [0.3, 0.4) is 0 Å². The average Bonchev–Trinajstić information content (AvgIpc) is 2.72. The van der Waals surface area contributed by atoms with E-state index in [1.54, 1.807) is 24.3 Å². The Bertz CT molecular complexity index is 948. The quantitative estimate of drug-likeness (QED) is 0.452. The summed E-state index contributed by atoms with van der Waals surface area (Å²) in [6.07, 6.45) is 0. The molecule has 0 heterocycles. The molecule has 0 radical (unpaired) electrons. The van der Waals surface area contributed by atoms with Crippen molar-refractivity contribution in [2.45, 2.75) is 0 Å². The first kappa shape index (κ1) is 20.8. The van der Waals surface area contributed by atoms with Gasteiger partial charge in [0.25, 0.3) is 0 Å². The summed E-state index contributed by atoms with van der Waals surface area (Å²) in [5.74, 6) is 0.0631. The van der Waals surface area contributed by atoms with Crippen LogP contribution in [0.4, 0.5) is 22.7 Å². The van der Waals surface area contributed by atoms with Gasteiger partial charge in [0.05, 0.1) is 11.5 Å². The van der Waals surface area contributed by atoms with Gasteiger partial charge in [-0.05, 0) is 60.7 Å². The predicted molar refractivity (Wildman–Crippen MR) is 122 cm³/mol. The summed E-state index contributed by atoms with van der Waals surface area (Å²) < 4.78 is 0. The van der Waals surface area contributed by atoms with Gasteiger partial charge < -0.3 is 16.0 Å². The van der Waals surface area contributed by atoms with Crippen LogP contribution >= 0.6 is 23.4 Å². The third-order valence-electron chi connectivity index (χ3n) is 3.83. The Morgan fingerprint density at radius 1 is 0.655 bits per heavy atom. The van der Waals surface area contributed by atoms with Gasteiger partial charge in [0.1, 0.15) is 0 Å². The summed E-state index contributed by atoms with van der Waals surface area (Å²) in [4.78, 5) is 24.0. The molecule has 29 heavy (non-hydrogen) atoms. The molecule has 5 nitrogen and oxygen atoms in total. The Kier molecular flexibility index (Phi) is 7.55. The zero-order valence-electron chi connectivity index (χ0n) is 15.5. The van der Waals surface area contributed by atoms with Crippen LogP contribution < -0.4 is 16.0 Å². The Morgan fingerprint density at radius 3 is 1.66 bits per heavy atom. The number of nitrogens with one attached hydrogen (secondary N) is 3. The van der Waals surface area contributed by atoms with E-state index in [0.717, 1.165) is 11.4 Å². The van der Waals surface area contributed by atoms with Crippen molar-refractivity contribution < 1.29 is 9.59 Å². The fraction of sp³-hybridized carbons (Fsp3) is 0.0909. The highest BCUT2D eigenvalue weighted by molar-refractivity contribution is 8.00. The molecule has 0 fully saturated rings. The van der Waals surface area contributed by atoms with Crippen molar-refractivity contribution >= 4 is 57.9 Å². The number of para-hydroxylation sites is 1. The van der Waals surface area contributed by atoms with Crippen LogP contribution in [0, 0.1) is 0 Å². The number of halogens is 1. The maximum atomic E-state index is 12.1. The molecule has 0 saturated carbocycles. The normalized spacial score (nSPS) is 10.2. The van der Waals surface area contributed by atoms with E-state index in [0.29, 0.717) is 16.4 Å². The van der Waals surface area contributed by atoms with E-state index in [2.05, 4.69) is 16.0 Å². The highest BCUT2D eigenvalue weighted by Crippen LogP contribution is 2.19. The Balaban J connectivity index is 1.38. The van der Waals surface area contributed by atoms with Gasteiger partial charge in [-0.3, -0.25) is 9.59 Å². The highest BCUT2D eigenvalue weighted by Gasteiger charge is 2.07. The maximum absolute atomic E-state index is 12.1. The number of anilines is 4. The van der Waals surface area contributed by atoms with Crippen LogP contribution in [0.2, 0.25) is 5.02 Å². The van der Waals surface area contributed by atoms with Crippen LogP contribution in [0.5, 0.6) is 0 Å². The van der Waals surface area contributed by atoms with E-state index in [4.69, 9.17) is 11.6 Å². The van der Waals surface area contributed by atoms with E-state index in [9.17, 15) is 9.59 Å². The van der Waals surface area contributed by atoms with Gasteiger partial charge in [-0.2, -0.15) is 0 Å². The van der Waals surface area contributed by atoms with Crippen molar-refractivity contribution in [1.82, 2.24) is 0 Å². The lowest BCUT2D eigenvalue weighted by Gasteiger charge is -2.09. The Morgan fingerprint density at radius 2 is 1.10 bits per heavy atom. The van der Waals surface area contributed by atoms with Crippen LogP contribution in [-0.2, 0) is 9.59 Å². The fourth-order valence-corrected chi connectivity index (χ4v) is 3.23. The second-order valence-corrected chi connectivity index (χ2v) is 7.59. The van der Waals surface area contributed by atoms with Gasteiger partial charge in [-0.1, -0.05) is 29.8 Å². The monoisotopic (exact) mass is 425 g/mol. The molecule has 3 aromatic rings. The standard InChI is InChI=1S/C22H20ClN3O2S/c23-16-6-8-19(9-7-16)25-21(27)14-29-15-22(28)26-20-12-10-18(11-13-20)24-17-4-2-1-3-5-17/h1-13,24H,14-15H2,(H,25,27)(H,26,28). The van der Waals surface area contributed by atoms with Crippen molar-refractivity contribution in [3.05, 3.63) is 83.9 Å². The minimum absolute atomic E-state index is 0.155.